The first kappa shape index (κ1) is 31.8. The van der Waals surface area contributed by atoms with Crippen LogP contribution in [-0.2, 0) is 6.42 Å². The fourth-order valence-electron chi connectivity index (χ4n) is 5.81. The van der Waals surface area contributed by atoms with Gasteiger partial charge in [-0.1, -0.05) is 166 Å². The zero-order chi connectivity index (χ0) is 26.2. The van der Waals surface area contributed by atoms with Crippen LogP contribution in [0, 0.1) is 0 Å². The van der Waals surface area contributed by atoms with Crippen LogP contribution in [0.1, 0.15) is 154 Å². The first-order chi connectivity index (χ1) is 18.3. The molecule has 1 aliphatic rings. The Kier molecular flexibility index (Phi) is 19.4. The lowest BCUT2D eigenvalue weighted by Crippen LogP contribution is -2.41. The molecule has 0 saturated carbocycles. The largest absolute Gasteiger partial charge is 0.356 e. The second-order valence-electron chi connectivity index (χ2n) is 11.7. The van der Waals surface area contributed by atoms with Crippen molar-refractivity contribution in [3.05, 3.63) is 48.3 Å². The van der Waals surface area contributed by atoms with Gasteiger partial charge in [0.25, 0.3) is 0 Å². The minimum Gasteiger partial charge on any atom is -0.356 e. The van der Waals surface area contributed by atoms with Crippen molar-refractivity contribution in [2.24, 2.45) is 0 Å². The molecule has 1 unspecified atom stereocenters. The lowest BCUT2D eigenvalue weighted by atomic mass is 10.0. The van der Waals surface area contributed by atoms with Gasteiger partial charge in [-0.05, 0) is 18.4 Å². The van der Waals surface area contributed by atoms with E-state index in [2.05, 4.69) is 66.4 Å². The molecular formula is C35H62N2. The van der Waals surface area contributed by atoms with Gasteiger partial charge in [-0.2, -0.15) is 0 Å². The molecule has 0 amide bonds. The van der Waals surface area contributed by atoms with Crippen LogP contribution in [-0.4, -0.2) is 29.1 Å². The monoisotopic (exact) mass is 510 g/mol. The fourth-order valence-corrected chi connectivity index (χ4v) is 5.81. The third kappa shape index (κ3) is 15.5. The van der Waals surface area contributed by atoms with Gasteiger partial charge in [0.2, 0.25) is 0 Å². The van der Waals surface area contributed by atoms with Gasteiger partial charge in [0.15, 0.2) is 0 Å². The summed E-state index contributed by atoms with van der Waals surface area (Å²) in [5.74, 6) is 0. The van der Waals surface area contributed by atoms with E-state index in [9.17, 15) is 0 Å². The van der Waals surface area contributed by atoms with Gasteiger partial charge in [-0.25, -0.2) is 0 Å². The highest BCUT2D eigenvalue weighted by atomic mass is 15.4. The molecule has 1 heterocycles. The molecular weight excluding hydrogens is 448 g/mol. The van der Waals surface area contributed by atoms with Gasteiger partial charge in [0, 0.05) is 31.9 Å². The second-order valence-corrected chi connectivity index (χ2v) is 11.7. The average molecular weight is 511 g/mol. The van der Waals surface area contributed by atoms with Crippen LogP contribution in [0.3, 0.4) is 0 Å². The Labute approximate surface area is 232 Å². The van der Waals surface area contributed by atoms with Gasteiger partial charge in [0.05, 0.1) is 0 Å². The van der Waals surface area contributed by atoms with E-state index in [0.29, 0.717) is 6.17 Å². The van der Waals surface area contributed by atoms with Gasteiger partial charge in [0.1, 0.15) is 6.17 Å². The lowest BCUT2D eigenvalue weighted by Gasteiger charge is -2.33. The summed E-state index contributed by atoms with van der Waals surface area (Å²) >= 11 is 0. The van der Waals surface area contributed by atoms with Crippen LogP contribution >= 0.6 is 0 Å². The predicted molar refractivity (Wildman–Crippen MR) is 165 cm³/mol. The number of unbranched alkanes of at least 4 members (excludes halogenated alkanes) is 19. The van der Waals surface area contributed by atoms with Crippen molar-refractivity contribution in [3.63, 3.8) is 0 Å². The van der Waals surface area contributed by atoms with Crippen molar-refractivity contribution in [1.82, 2.24) is 9.80 Å². The maximum absolute atomic E-state index is 2.63. The number of benzene rings is 1. The Morgan fingerprint density at radius 3 is 1.19 bits per heavy atom. The molecule has 0 spiro atoms. The number of hydrogen-bond donors (Lipinski definition) is 0. The molecule has 0 bridgehead atoms. The maximum Gasteiger partial charge on any atom is 0.105 e. The summed E-state index contributed by atoms with van der Waals surface area (Å²) in [6.45, 7) is 7.02. The van der Waals surface area contributed by atoms with Crippen molar-refractivity contribution in [3.8, 4) is 0 Å². The van der Waals surface area contributed by atoms with E-state index in [4.69, 9.17) is 0 Å². The quantitative estimate of drug-likeness (QED) is 0.121. The maximum atomic E-state index is 2.63. The third-order valence-electron chi connectivity index (χ3n) is 8.27. The standard InChI is InChI=1S/C35H62N2/c1-3-5-7-9-11-12-13-14-15-16-17-18-19-21-26-30-37-32-31-36(29-25-20-10-8-6-4-2)35(37)33-34-27-23-22-24-28-34/h22-24,27-28,31-32,35H,3-21,25-26,29-30,33H2,1-2H3. The summed E-state index contributed by atoms with van der Waals surface area (Å²) in [5.41, 5.74) is 1.46. The van der Waals surface area contributed by atoms with E-state index >= 15 is 0 Å². The Bertz CT molecular complexity index is 640. The van der Waals surface area contributed by atoms with Gasteiger partial charge >= 0.3 is 0 Å². The summed E-state index contributed by atoms with van der Waals surface area (Å²) < 4.78 is 0. The van der Waals surface area contributed by atoms with Crippen molar-refractivity contribution >= 4 is 0 Å². The van der Waals surface area contributed by atoms with E-state index in [1.54, 1.807) is 0 Å². The van der Waals surface area contributed by atoms with Crippen molar-refractivity contribution in [2.45, 2.75) is 161 Å². The Morgan fingerprint density at radius 2 is 0.811 bits per heavy atom. The topological polar surface area (TPSA) is 6.48 Å². The molecule has 212 valence electrons. The molecule has 0 radical (unpaired) electrons. The smallest absolute Gasteiger partial charge is 0.105 e. The van der Waals surface area contributed by atoms with Crippen LogP contribution in [0.4, 0.5) is 0 Å². The van der Waals surface area contributed by atoms with Crippen molar-refractivity contribution in [1.29, 1.82) is 0 Å². The Morgan fingerprint density at radius 1 is 0.459 bits per heavy atom. The second kappa shape index (κ2) is 22.5. The highest BCUT2D eigenvalue weighted by molar-refractivity contribution is 5.17. The summed E-state index contributed by atoms with van der Waals surface area (Å²) in [7, 11) is 0. The predicted octanol–water partition coefficient (Wildman–Crippen LogP) is 10.9. The third-order valence-corrected chi connectivity index (χ3v) is 8.27. The summed E-state index contributed by atoms with van der Waals surface area (Å²) in [6, 6.07) is 11.1. The van der Waals surface area contributed by atoms with Crippen LogP contribution in [0.5, 0.6) is 0 Å². The molecule has 2 rings (SSSR count). The molecule has 1 aromatic carbocycles. The highest BCUT2D eigenvalue weighted by Gasteiger charge is 2.25. The van der Waals surface area contributed by atoms with E-state index < -0.39 is 0 Å². The van der Waals surface area contributed by atoms with Crippen LogP contribution in [0.25, 0.3) is 0 Å². The van der Waals surface area contributed by atoms with E-state index in [0.717, 1.165) is 6.42 Å². The fraction of sp³-hybridized carbons (Fsp3) is 0.771. The number of rotatable bonds is 25. The molecule has 0 aliphatic carbocycles. The van der Waals surface area contributed by atoms with Gasteiger partial charge < -0.3 is 9.80 Å². The molecule has 0 fully saturated rings. The van der Waals surface area contributed by atoms with E-state index in [-0.39, 0.29) is 0 Å². The first-order valence-electron chi connectivity index (χ1n) is 16.6. The number of hydrogen-bond acceptors (Lipinski definition) is 2. The van der Waals surface area contributed by atoms with Crippen LogP contribution in [0.15, 0.2) is 42.7 Å². The number of nitrogens with zero attached hydrogens (tertiary/aromatic N) is 2. The normalized spacial score (nSPS) is 15.2. The summed E-state index contributed by atoms with van der Waals surface area (Å²) in [5, 5.41) is 0. The lowest BCUT2D eigenvalue weighted by molar-refractivity contribution is 0.148. The Hall–Kier alpha value is -1.44. The molecule has 0 saturated heterocycles. The molecule has 0 N–H and O–H groups in total. The molecule has 1 aliphatic heterocycles. The van der Waals surface area contributed by atoms with Crippen molar-refractivity contribution < 1.29 is 0 Å². The zero-order valence-electron chi connectivity index (χ0n) is 25.0. The van der Waals surface area contributed by atoms with Gasteiger partial charge in [-0.15, -0.1) is 0 Å². The summed E-state index contributed by atoms with van der Waals surface area (Å²) in [4.78, 5) is 5.25. The molecule has 0 aromatic heterocycles. The van der Waals surface area contributed by atoms with E-state index in [1.165, 1.54) is 153 Å². The van der Waals surface area contributed by atoms with Crippen LogP contribution in [0.2, 0.25) is 0 Å². The van der Waals surface area contributed by atoms with Gasteiger partial charge in [-0.3, -0.25) is 0 Å². The first-order valence-corrected chi connectivity index (χ1v) is 16.6. The molecule has 2 heteroatoms. The zero-order valence-corrected chi connectivity index (χ0v) is 25.0. The molecule has 37 heavy (non-hydrogen) atoms. The molecule has 2 nitrogen and oxygen atoms in total. The van der Waals surface area contributed by atoms with E-state index in [1.807, 2.05) is 0 Å². The highest BCUT2D eigenvalue weighted by Crippen LogP contribution is 2.22. The summed E-state index contributed by atoms with van der Waals surface area (Å²) in [6.07, 6.45) is 36.2. The molecule has 1 atom stereocenters. The van der Waals surface area contributed by atoms with Crippen LogP contribution < -0.4 is 0 Å². The Balaban J connectivity index is 1.55. The molecule has 1 aromatic rings. The van der Waals surface area contributed by atoms with Crippen molar-refractivity contribution in [2.75, 3.05) is 13.1 Å². The minimum absolute atomic E-state index is 0.504. The SMILES string of the molecule is CCCCCCCCCCCCCCCCCN1C=CN(CCCCCCCC)C1Cc1ccccc1. The average Bonchev–Trinajstić information content (AvgIpc) is 3.29. The minimum atomic E-state index is 0.504.